The largest absolute Gasteiger partial charge is 0.330 e. The van der Waals surface area contributed by atoms with Gasteiger partial charge in [-0.1, -0.05) is 20.8 Å². The molecule has 0 aromatic rings. The highest BCUT2D eigenvalue weighted by Crippen LogP contribution is 2.06. The summed E-state index contributed by atoms with van der Waals surface area (Å²) in [4.78, 5) is 0. The van der Waals surface area contributed by atoms with E-state index in [0.29, 0.717) is 11.8 Å². The fourth-order valence-electron chi connectivity index (χ4n) is 1.06. The van der Waals surface area contributed by atoms with Crippen LogP contribution in [0.2, 0.25) is 0 Å². The first-order chi connectivity index (χ1) is 5.22. The summed E-state index contributed by atoms with van der Waals surface area (Å²) in [5, 5.41) is 3.39. The highest BCUT2D eigenvalue weighted by Gasteiger charge is 2.09. The summed E-state index contributed by atoms with van der Waals surface area (Å²) in [5.41, 5.74) is 5.62. The van der Waals surface area contributed by atoms with Gasteiger partial charge < -0.3 is 11.1 Å². The van der Waals surface area contributed by atoms with Gasteiger partial charge in [-0.2, -0.15) is 0 Å². The predicted molar refractivity (Wildman–Crippen MR) is 50.5 cm³/mol. The molecule has 68 valence electrons. The third kappa shape index (κ3) is 5.22. The standard InChI is InChI=1S/C9H22N2/c1-4-5-11-7-9(6-10)8(2)3/h8-9,11H,4-7,10H2,1-3H3. The van der Waals surface area contributed by atoms with Crippen LogP contribution in [0.25, 0.3) is 0 Å². The summed E-state index contributed by atoms with van der Waals surface area (Å²) in [6.45, 7) is 9.62. The highest BCUT2D eigenvalue weighted by atomic mass is 14.9. The molecule has 0 saturated heterocycles. The van der Waals surface area contributed by atoms with Gasteiger partial charge in [0, 0.05) is 0 Å². The van der Waals surface area contributed by atoms with E-state index in [0.717, 1.165) is 19.6 Å². The van der Waals surface area contributed by atoms with Gasteiger partial charge >= 0.3 is 0 Å². The van der Waals surface area contributed by atoms with E-state index in [1.54, 1.807) is 0 Å². The molecule has 0 heterocycles. The molecular formula is C9H22N2. The van der Waals surface area contributed by atoms with Crippen molar-refractivity contribution in [1.29, 1.82) is 0 Å². The lowest BCUT2D eigenvalue weighted by atomic mass is 9.96. The number of hydrogen-bond donors (Lipinski definition) is 2. The Kier molecular flexibility index (Phi) is 6.57. The van der Waals surface area contributed by atoms with Crippen LogP contribution < -0.4 is 11.1 Å². The molecule has 1 unspecified atom stereocenters. The molecule has 0 aromatic carbocycles. The summed E-state index contributed by atoms with van der Waals surface area (Å²) in [6, 6.07) is 0. The quantitative estimate of drug-likeness (QED) is 0.570. The van der Waals surface area contributed by atoms with Crippen LogP contribution >= 0.6 is 0 Å². The lowest BCUT2D eigenvalue weighted by Gasteiger charge is -2.18. The first-order valence-electron chi connectivity index (χ1n) is 4.63. The Morgan fingerprint density at radius 3 is 2.36 bits per heavy atom. The normalized spacial score (nSPS) is 13.9. The van der Waals surface area contributed by atoms with Gasteiger partial charge in [-0.05, 0) is 37.9 Å². The fourth-order valence-corrected chi connectivity index (χ4v) is 1.06. The molecule has 0 amide bonds. The van der Waals surface area contributed by atoms with Crippen LogP contribution in [-0.4, -0.2) is 19.6 Å². The Labute approximate surface area is 70.5 Å². The molecule has 0 aliphatic carbocycles. The molecule has 11 heavy (non-hydrogen) atoms. The Morgan fingerprint density at radius 2 is 2.00 bits per heavy atom. The minimum absolute atomic E-state index is 0.640. The maximum Gasteiger partial charge on any atom is -0.000601 e. The maximum absolute atomic E-state index is 5.62. The SMILES string of the molecule is CCCNCC(CN)C(C)C. The molecular weight excluding hydrogens is 136 g/mol. The topological polar surface area (TPSA) is 38.0 Å². The predicted octanol–water partition coefficient (Wildman–Crippen LogP) is 1.22. The molecule has 3 N–H and O–H groups in total. The molecule has 0 aliphatic heterocycles. The third-order valence-electron chi connectivity index (χ3n) is 2.08. The molecule has 0 aromatic heterocycles. The second kappa shape index (κ2) is 6.62. The van der Waals surface area contributed by atoms with Gasteiger partial charge in [0.25, 0.3) is 0 Å². The maximum atomic E-state index is 5.62. The van der Waals surface area contributed by atoms with Gasteiger partial charge in [0.15, 0.2) is 0 Å². The lowest BCUT2D eigenvalue weighted by molar-refractivity contribution is 0.372. The van der Waals surface area contributed by atoms with Crippen molar-refractivity contribution < 1.29 is 0 Å². The van der Waals surface area contributed by atoms with Crippen molar-refractivity contribution in [1.82, 2.24) is 5.32 Å². The number of nitrogens with one attached hydrogen (secondary N) is 1. The van der Waals surface area contributed by atoms with Gasteiger partial charge in [-0.15, -0.1) is 0 Å². The number of nitrogens with two attached hydrogens (primary N) is 1. The summed E-state index contributed by atoms with van der Waals surface area (Å²) >= 11 is 0. The summed E-state index contributed by atoms with van der Waals surface area (Å²) < 4.78 is 0. The van der Waals surface area contributed by atoms with Crippen LogP contribution in [0.1, 0.15) is 27.2 Å². The monoisotopic (exact) mass is 158 g/mol. The van der Waals surface area contributed by atoms with Crippen LogP contribution in [-0.2, 0) is 0 Å². The zero-order chi connectivity index (χ0) is 8.69. The molecule has 2 nitrogen and oxygen atoms in total. The zero-order valence-corrected chi connectivity index (χ0v) is 8.06. The van der Waals surface area contributed by atoms with Crippen LogP contribution in [0, 0.1) is 11.8 Å². The Bertz CT molecular complexity index is 81.6. The number of hydrogen-bond acceptors (Lipinski definition) is 2. The Hall–Kier alpha value is -0.0800. The fraction of sp³-hybridized carbons (Fsp3) is 1.00. The van der Waals surface area contributed by atoms with E-state index in [9.17, 15) is 0 Å². The first kappa shape index (κ1) is 10.9. The molecule has 0 spiro atoms. The number of rotatable bonds is 6. The average molecular weight is 158 g/mol. The molecule has 0 aliphatic rings. The first-order valence-corrected chi connectivity index (χ1v) is 4.63. The zero-order valence-electron chi connectivity index (χ0n) is 8.06. The molecule has 1 atom stereocenters. The van der Waals surface area contributed by atoms with E-state index >= 15 is 0 Å². The van der Waals surface area contributed by atoms with Gasteiger partial charge in [0.1, 0.15) is 0 Å². The van der Waals surface area contributed by atoms with Crippen molar-refractivity contribution in [2.24, 2.45) is 17.6 Å². The lowest BCUT2D eigenvalue weighted by Crippen LogP contribution is -2.32. The van der Waals surface area contributed by atoms with Crippen molar-refractivity contribution in [3.63, 3.8) is 0 Å². The molecule has 0 saturated carbocycles. The van der Waals surface area contributed by atoms with Gasteiger partial charge in [0.05, 0.1) is 0 Å². The molecule has 0 radical (unpaired) electrons. The van der Waals surface area contributed by atoms with Crippen molar-refractivity contribution in [2.45, 2.75) is 27.2 Å². The van der Waals surface area contributed by atoms with Crippen molar-refractivity contribution >= 4 is 0 Å². The van der Waals surface area contributed by atoms with E-state index in [-0.39, 0.29) is 0 Å². The Morgan fingerprint density at radius 1 is 1.36 bits per heavy atom. The summed E-state index contributed by atoms with van der Waals surface area (Å²) in [7, 11) is 0. The smallest absolute Gasteiger partial charge is 0.000601 e. The van der Waals surface area contributed by atoms with E-state index in [4.69, 9.17) is 5.73 Å². The van der Waals surface area contributed by atoms with Crippen molar-refractivity contribution in [2.75, 3.05) is 19.6 Å². The third-order valence-corrected chi connectivity index (χ3v) is 2.08. The van der Waals surface area contributed by atoms with Crippen molar-refractivity contribution in [3.05, 3.63) is 0 Å². The Balaban J connectivity index is 3.36. The van der Waals surface area contributed by atoms with Crippen LogP contribution in [0.4, 0.5) is 0 Å². The summed E-state index contributed by atoms with van der Waals surface area (Å²) in [5.74, 6) is 1.34. The average Bonchev–Trinajstić information content (AvgIpc) is 1.97. The van der Waals surface area contributed by atoms with Gasteiger partial charge in [-0.25, -0.2) is 0 Å². The minimum atomic E-state index is 0.640. The molecule has 0 bridgehead atoms. The van der Waals surface area contributed by atoms with E-state index in [1.165, 1.54) is 6.42 Å². The molecule has 0 rings (SSSR count). The van der Waals surface area contributed by atoms with Crippen LogP contribution in [0.15, 0.2) is 0 Å². The minimum Gasteiger partial charge on any atom is -0.330 e. The van der Waals surface area contributed by atoms with Crippen LogP contribution in [0.3, 0.4) is 0 Å². The van der Waals surface area contributed by atoms with Crippen LogP contribution in [0.5, 0.6) is 0 Å². The van der Waals surface area contributed by atoms with Gasteiger partial charge in [-0.3, -0.25) is 0 Å². The second-order valence-corrected chi connectivity index (χ2v) is 3.44. The van der Waals surface area contributed by atoms with E-state index < -0.39 is 0 Å². The second-order valence-electron chi connectivity index (χ2n) is 3.44. The highest BCUT2D eigenvalue weighted by molar-refractivity contribution is 4.66. The molecule has 2 heteroatoms. The summed E-state index contributed by atoms with van der Waals surface area (Å²) in [6.07, 6.45) is 1.20. The van der Waals surface area contributed by atoms with Gasteiger partial charge in [0.2, 0.25) is 0 Å². The van der Waals surface area contributed by atoms with Crippen molar-refractivity contribution in [3.8, 4) is 0 Å². The van der Waals surface area contributed by atoms with E-state index in [1.807, 2.05) is 0 Å². The van der Waals surface area contributed by atoms with E-state index in [2.05, 4.69) is 26.1 Å². The molecule has 0 fully saturated rings.